The van der Waals surface area contributed by atoms with Crippen LogP contribution in [0.5, 0.6) is 5.75 Å². The summed E-state index contributed by atoms with van der Waals surface area (Å²) >= 11 is 0. The molecule has 226 valence electrons. The molecule has 0 spiro atoms. The number of amides is 1. The fourth-order valence-corrected chi connectivity index (χ4v) is 12.2. The number of carbonyl (C=O) groups excluding carboxylic acids is 2. The average Bonchev–Trinajstić information content (AvgIpc) is 3.39. The molecule has 0 heterocycles. The Labute approximate surface area is 247 Å². The van der Waals surface area contributed by atoms with Gasteiger partial charge in [-0.05, 0) is 111 Å². The molecule has 5 saturated carbocycles. The molecule has 1 amide bonds. The number of ether oxygens (including phenoxy) is 2. The van der Waals surface area contributed by atoms with Crippen LogP contribution in [0.3, 0.4) is 0 Å². The highest BCUT2D eigenvalue weighted by Crippen LogP contribution is 2.73. The van der Waals surface area contributed by atoms with Gasteiger partial charge in [-0.1, -0.05) is 52.3 Å². The minimum atomic E-state index is -0.197. The van der Waals surface area contributed by atoms with Crippen molar-refractivity contribution in [2.75, 3.05) is 7.11 Å². The van der Waals surface area contributed by atoms with Gasteiger partial charge in [-0.15, -0.1) is 0 Å². The molecule has 0 saturated heterocycles. The summed E-state index contributed by atoms with van der Waals surface area (Å²) in [6.07, 6.45) is 12.9. The van der Waals surface area contributed by atoms with Crippen LogP contribution in [0.1, 0.15) is 111 Å². The molecule has 5 fully saturated rings. The number of hydrogen-bond donors (Lipinski definition) is 1. The van der Waals surface area contributed by atoms with Gasteiger partial charge < -0.3 is 14.8 Å². The van der Waals surface area contributed by atoms with E-state index in [0.717, 1.165) is 37.0 Å². The Balaban J connectivity index is 1.21. The monoisotopic (exact) mass is 563 g/mol. The number of nitrogens with one attached hydrogen (secondary N) is 1. The minimum absolute atomic E-state index is 0.00351. The summed E-state index contributed by atoms with van der Waals surface area (Å²) in [5, 5.41) is 3.38. The van der Waals surface area contributed by atoms with E-state index in [9.17, 15) is 9.59 Å². The highest BCUT2D eigenvalue weighted by Gasteiger charge is 2.67. The number of benzene rings is 1. The zero-order valence-electron chi connectivity index (χ0n) is 26.4. The Bertz CT molecular complexity index is 1180. The standard InChI is InChI=1S/C36H53NO4/c1-23(38)41-31-17-20-35(5)29(33(31,2)3)16-19-34(4)26-15-21-36(18-9-11-27(36)25(26)13-14-30(34)35)32(39)37-22-24-10-7-8-12-28(24)40-6/h7-8,10,12,25-27,29-31H,9,11,13-22H2,1-6H3,(H,37,39). The minimum Gasteiger partial charge on any atom is -0.496 e. The predicted molar refractivity (Wildman–Crippen MR) is 161 cm³/mol. The SMILES string of the molecule is COc1ccccc1CNC(=O)C12CCCC1C1CCC3C(C)(CCC4C(C)(C)C(OC(C)=O)CCC43C)C1CC2. The number of methoxy groups -OCH3 is 1. The molecule has 0 aromatic heterocycles. The molecular formula is C36H53NO4. The molecule has 0 aliphatic heterocycles. The second-order valence-corrected chi connectivity index (χ2v) is 15.6. The largest absolute Gasteiger partial charge is 0.496 e. The van der Waals surface area contributed by atoms with E-state index in [4.69, 9.17) is 9.47 Å². The maximum absolute atomic E-state index is 14.0. The Morgan fingerprint density at radius 3 is 2.37 bits per heavy atom. The molecule has 1 aromatic carbocycles. The summed E-state index contributed by atoms with van der Waals surface area (Å²) in [5.41, 5.74) is 1.48. The molecule has 9 atom stereocenters. The van der Waals surface area contributed by atoms with Crippen molar-refractivity contribution in [1.82, 2.24) is 5.32 Å². The quantitative estimate of drug-likeness (QED) is 0.373. The van der Waals surface area contributed by atoms with Gasteiger partial charge in [0.05, 0.1) is 12.5 Å². The molecule has 41 heavy (non-hydrogen) atoms. The van der Waals surface area contributed by atoms with E-state index in [1.54, 1.807) is 14.0 Å². The third-order valence-electron chi connectivity index (χ3n) is 13.8. The lowest BCUT2D eigenvalue weighted by molar-refractivity contribution is -0.220. The summed E-state index contributed by atoms with van der Waals surface area (Å²) in [4.78, 5) is 26.0. The first-order valence-corrected chi connectivity index (χ1v) is 16.5. The lowest BCUT2D eigenvalue weighted by atomic mass is 9.36. The molecule has 0 bridgehead atoms. The van der Waals surface area contributed by atoms with Gasteiger partial charge in [0.2, 0.25) is 5.91 Å². The number of hydrogen-bond acceptors (Lipinski definition) is 4. The first kappa shape index (κ1) is 29.1. The van der Waals surface area contributed by atoms with Crippen LogP contribution in [0.2, 0.25) is 0 Å². The van der Waals surface area contributed by atoms with E-state index in [0.29, 0.717) is 41.5 Å². The summed E-state index contributed by atoms with van der Waals surface area (Å²) in [7, 11) is 1.70. The van der Waals surface area contributed by atoms with E-state index >= 15 is 0 Å². The van der Waals surface area contributed by atoms with Crippen LogP contribution < -0.4 is 10.1 Å². The van der Waals surface area contributed by atoms with Crippen molar-refractivity contribution < 1.29 is 19.1 Å². The van der Waals surface area contributed by atoms with Crippen molar-refractivity contribution >= 4 is 11.9 Å². The average molecular weight is 564 g/mol. The van der Waals surface area contributed by atoms with Gasteiger partial charge in [0.25, 0.3) is 0 Å². The Morgan fingerprint density at radius 2 is 1.61 bits per heavy atom. The molecule has 9 unspecified atom stereocenters. The van der Waals surface area contributed by atoms with Crippen LogP contribution >= 0.6 is 0 Å². The number of fused-ring (bicyclic) bond motifs is 7. The van der Waals surface area contributed by atoms with Crippen molar-refractivity contribution in [3.63, 3.8) is 0 Å². The topological polar surface area (TPSA) is 64.6 Å². The highest BCUT2D eigenvalue weighted by atomic mass is 16.5. The molecule has 5 heteroatoms. The number of carbonyl (C=O) groups is 2. The number of esters is 1. The van der Waals surface area contributed by atoms with Crippen LogP contribution in [-0.4, -0.2) is 25.1 Å². The Hall–Kier alpha value is -2.04. The van der Waals surface area contributed by atoms with Crippen LogP contribution in [-0.2, 0) is 20.9 Å². The zero-order chi connectivity index (χ0) is 29.2. The van der Waals surface area contributed by atoms with Crippen molar-refractivity contribution in [1.29, 1.82) is 0 Å². The number of para-hydroxylation sites is 1. The van der Waals surface area contributed by atoms with Crippen LogP contribution in [0.15, 0.2) is 24.3 Å². The summed E-state index contributed by atoms with van der Waals surface area (Å²) in [6, 6.07) is 8.03. The highest BCUT2D eigenvalue weighted by molar-refractivity contribution is 5.83. The maximum Gasteiger partial charge on any atom is 0.302 e. The second-order valence-electron chi connectivity index (χ2n) is 15.6. The van der Waals surface area contributed by atoms with E-state index in [-0.39, 0.29) is 34.2 Å². The van der Waals surface area contributed by atoms with Crippen molar-refractivity contribution in [3.05, 3.63) is 29.8 Å². The molecule has 5 aliphatic carbocycles. The lowest BCUT2D eigenvalue weighted by Gasteiger charge is -2.69. The summed E-state index contributed by atoms with van der Waals surface area (Å²) in [6.45, 7) is 12.1. The van der Waals surface area contributed by atoms with Crippen LogP contribution in [0.4, 0.5) is 0 Å². The third-order valence-corrected chi connectivity index (χ3v) is 13.8. The first-order chi connectivity index (χ1) is 19.5. The van der Waals surface area contributed by atoms with Gasteiger partial charge in [-0.2, -0.15) is 0 Å². The molecule has 0 radical (unpaired) electrons. The van der Waals surface area contributed by atoms with Gasteiger partial charge in [0.1, 0.15) is 11.9 Å². The predicted octanol–water partition coefficient (Wildman–Crippen LogP) is 7.71. The normalized spacial score (nSPS) is 42.6. The second kappa shape index (κ2) is 10.3. The van der Waals surface area contributed by atoms with Gasteiger partial charge in [-0.25, -0.2) is 0 Å². The molecule has 1 N–H and O–H groups in total. The molecule has 5 aliphatic rings. The first-order valence-electron chi connectivity index (χ1n) is 16.5. The summed E-state index contributed by atoms with van der Waals surface area (Å²) in [5.74, 6) is 4.18. The van der Waals surface area contributed by atoms with Gasteiger partial charge in [-0.3, -0.25) is 9.59 Å². The van der Waals surface area contributed by atoms with Crippen LogP contribution in [0.25, 0.3) is 0 Å². The van der Waals surface area contributed by atoms with E-state index in [1.165, 1.54) is 44.9 Å². The Kier molecular flexibility index (Phi) is 7.30. The molecular weight excluding hydrogens is 510 g/mol. The Morgan fingerprint density at radius 1 is 0.854 bits per heavy atom. The van der Waals surface area contributed by atoms with Crippen LogP contribution in [0, 0.1) is 51.2 Å². The van der Waals surface area contributed by atoms with E-state index < -0.39 is 0 Å². The van der Waals surface area contributed by atoms with Gasteiger partial charge in [0, 0.05) is 24.4 Å². The van der Waals surface area contributed by atoms with Crippen molar-refractivity contribution in [2.24, 2.45) is 51.2 Å². The van der Waals surface area contributed by atoms with E-state index in [1.807, 2.05) is 18.2 Å². The fourth-order valence-electron chi connectivity index (χ4n) is 12.2. The van der Waals surface area contributed by atoms with Gasteiger partial charge in [0.15, 0.2) is 0 Å². The van der Waals surface area contributed by atoms with Crippen molar-refractivity contribution in [2.45, 2.75) is 118 Å². The van der Waals surface area contributed by atoms with Crippen molar-refractivity contribution in [3.8, 4) is 5.75 Å². The van der Waals surface area contributed by atoms with E-state index in [2.05, 4.69) is 39.1 Å². The maximum atomic E-state index is 14.0. The fraction of sp³-hybridized carbons (Fsp3) is 0.778. The molecule has 1 aromatic rings. The molecule has 6 rings (SSSR count). The third kappa shape index (κ3) is 4.37. The van der Waals surface area contributed by atoms with Gasteiger partial charge >= 0.3 is 5.97 Å². The number of rotatable bonds is 5. The summed E-state index contributed by atoms with van der Waals surface area (Å²) < 4.78 is 11.5. The zero-order valence-corrected chi connectivity index (χ0v) is 26.4. The molecule has 5 nitrogen and oxygen atoms in total. The smallest absolute Gasteiger partial charge is 0.302 e. The lowest BCUT2D eigenvalue weighted by Crippen LogP contribution is -2.64.